The number of carboxylic acids is 1. The van der Waals surface area contributed by atoms with E-state index in [1.165, 1.54) is 0 Å². The molecule has 4 nitrogen and oxygen atoms in total. The van der Waals surface area contributed by atoms with E-state index in [0.717, 1.165) is 6.54 Å². The summed E-state index contributed by atoms with van der Waals surface area (Å²) in [6.07, 6.45) is 0. The smallest absolute Gasteiger partial charge is 0.324 e. The minimum absolute atomic E-state index is 0.368. The van der Waals surface area contributed by atoms with Crippen LogP contribution in [0.5, 0.6) is 0 Å². The van der Waals surface area contributed by atoms with Gasteiger partial charge in [0.15, 0.2) is 0 Å². The van der Waals surface area contributed by atoms with Crippen LogP contribution in [0.2, 0.25) is 0 Å². The number of nitrogens with zero attached hydrogens (tertiary/aromatic N) is 1. The maximum atomic E-state index is 11.2. The van der Waals surface area contributed by atoms with E-state index in [-0.39, 0.29) is 0 Å². The van der Waals surface area contributed by atoms with Crippen molar-refractivity contribution >= 4 is 5.97 Å². The summed E-state index contributed by atoms with van der Waals surface area (Å²) in [7, 11) is 0. The second-order valence-corrected chi connectivity index (χ2v) is 4.32. The van der Waals surface area contributed by atoms with E-state index >= 15 is 0 Å². The van der Waals surface area contributed by atoms with Gasteiger partial charge in [0.2, 0.25) is 0 Å². The molecule has 0 aliphatic rings. The molecule has 0 heterocycles. The van der Waals surface area contributed by atoms with Crippen molar-refractivity contribution in [1.29, 1.82) is 0 Å². The predicted molar refractivity (Wildman–Crippen MR) is 62.1 cm³/mol. The second kappa shape index (κ2) is 6.08. The van der Waals surface area contributed by atoms with Crippen molar-refractivity contribution in [3.63, 3.8) is 0 Å². The zero-order valence-electron chi connectivity index (χ0n) is 10.5. The van der Waals surface area contributed by atoms with E-state index < -0.39 is 11.5 Å². The van der Waals surface area contributed by atoms with Crippen molar-refractivity contribution in [2.24, 2.45) is 0 Å². The van der Waals surface area contributed by atoms with Crippen LogP contribution in [0.3, 0.4) is 0 Å². The summed E-state index contributed by atoms with van der Waals surface area (Å²) in [5.74, 6) is -0.788. The maximum absolute atomic E-state index is 11.2. The third-order valence-corrected chi connectivity index (χ3v) is 2.69. The van der Waals surface area contributed by atoms with Gasteiger partial charge in [-0.25, -0.2) is 0 Å². The molecule has 4 heteroatoms. The molecule has 0 fully saturated rings. The molecular weight excluding hydrogens is 192 g/mol. The lowest BCUT2D eigenvalue weighted by atomic mass is 10.0. The molecule has 2 N–H and O–H groups in total. The predicted octanol–water partition coefficient (Wildman–Crippen LogP) is 1.17. The van der Waals surface area contributed by atoms with Gasteiger partial charge in [-0.2, -0.15) is 0 Å². The molecule has 0 aliphatic heterocycles. The lowest BCUT2D eigenvalue weighted by Crippen LogP contribution is -2.57. The lowest BCUT2D eigenvalue weighted by Gasteiger charge is -2.34. The van der Waals surface area contributed by atoms with Crippen LogP contribution >= 0.6 is 0 Å². The molecule has 0 aliphatic carbocycles. The molecule has 0 saturated heterocycles. The van der Waals surface area contributed by atoms with Gasteiger partial charge < -0.3 is 10.4 Å². The SMILES string of the molecule is CCNC(C)(CN(CC)C(C)C)C(=O)O. The zero-order chi connectivity index (χ0) is 12.1. The largest absolute Gasteiger partial charge is 0.480 e. The van der Waals surface area contributed by atoms with Crippen LogP contribution < -0.4 is 5.32 Å². The Labute approximate surface area is 92.7 Å². The highest BCUT2D eigenvalue weighted by Gasteiger charge is 2.34. The van der Waals surface area contributed by atoms with Gasteiger partial charge in [-0.1, -0.05) is 13.8 Å². The van der Waals surface area contributed by atoms with E-state index in [0.29, 0.717) is 19.1 Å². The lowest BCUT2D eigenvalue weighted by molar-refractivity contribution is -0.145. The Bertz CT molecular complexity index is 207. The molecule has 0 radical (unpaired) electrons. The monoisotopic (exact) mass is 216 g/mol. The Kier molecular flexibility index (Phi) is 5.83. The van der Waals surface area contributed by atoms with Crippen LogP contribution in [-0.2, 0) is 4.79 Å². The molecule has 0 amide bonds. The molecule has 0 rings (SSSR count). The molecular formula is C11H24N2O2. The highest BCUT2D eigenvalue weighted by molar-refractivity contribution is 5.78. The molecule has 15 heavy (non-hydrogen) atoms. The molecule has 90 valence electrons. The first-order chi connectivity index (χ1) is 6.87. The Morgan fingerprint density at radius 1 is 1.47 bits per heavy atom. The van der Waals surface area contributed by atoms with Gasteiger partial charge in [0.1, 0.15) is 5.54 Å². The van der Waals surface area contributed by atoms with Crippen LogP contribution in [0, 0.1) is 0 Å². The van der Waals surface area contributed by atoms with Crippen LogP contribution in [0.1, 0.15) is 34.6 Å². The first-order valence-corrected chi connectivity index (χ1v) is 5.59. The normalized spacial score (nSPS) is 15.7. The van der Waals surface area contributed by atoms with Gasteiger partial charge in [-0.05, 0) is 33.9 Å². The fraction of sp³-hybridized carbons (Fsp3) is 0.909. The maximum Gasteiger partial charge on any atom is 0.324 e. The van der Waals surface area contributed by atoms with E-state index in [4.69, 9.17) is 0 Å². The number of carbonyl (C=O) groups is 1. The van der Waals surface area contributed by atoms with Crippen LogP contribution in [-0.4, -0.2) is 47.2 Å². The summed E-state index contributed by atoms with van der Waals surface area (Å²) in [6, 6.07) is 0.368. The van der Waals surface area contributed by atoms with Gasteiger partial charge in [0.25, 0.3) is 0 Å². The zero-order valence-corrected chi connectivity index (χ0v) is 10.5. The summed E-state index contributed by atoms with van der Waals surface area (Å²) in [5.41, 5.74) is -0.852. The molecule has 0 spiro atoms. The Hall–Kier alpha value is -0.610. The number of carboxylic acid groups (broad SMARTS) is 1. The number of hydrogen-bond donors (Lipinski definition) is 2. The summed E-state index contributed by atoms with van der Waals surface area (Å²) in [4.78, 5) is 13.3. The number of likely N-dealkylation sites (N-methyl/N-ethyl adjacent to an activating group) is 2. The molecule has 0 aromatic carbocycles. The number of hydrogen-bond acceptors (Lipinski definition) is 3. The Balaban J connectivity index is 4.58. The van der Waals surface area contributed by atoms with Gasteiger partial charge in [0, 0.05) is 12.6 Å². The summed E-state index contributed by atoms with van der Waals surface area (Å²) >= 11 is 0. The quantitative estimate of drug-likeness (QED) is 0.671. The van der Waals surface area contributed by atoms with E-state index in [9.17, 15) is 9.90 Å². The van der Waals surface area contributed by atoms with Gasteiger partial charge in [-0.15, -0.1) is 0 Å². The first-order valence-electron chi connectivity index (χ1n) is 5.59. The van der Waals surface area contributed by atoms with Gasteiger partial charge in [0.05, 0.1) is 0 Å². The van der Waals surface area contributed by atoms with Crippen LogP contribution in [0.15, 0.2) is 0 Å². The highest BCUT2D eigenvalue weighted by Crippen LogP contribution is 2.09. The minimum atomic E-state index is -0.852. The van der Waals surface area contributed by atoms with Crippen LogP contribution in [0.4, 0.5) is 0 Å². The summed E-state index contributed by atoms with van der Waals surface area (Å²) < 4.78 is 0. The fourth-order valence-corrected chi connectivity index (χ4v) is 1.66. The summed E-state index contributed by atoms with van der Waals surface area (Å²) in [5, 5.41) is 12.2. The van der Waals surface area contributed by atoms with Crippen molar-refractivity contribution in [2.45, 2.75) is 46.2 Å². The van der Waals surface area contributed by atoms with Gasteiger partial charge in [-0.3, -0.25) is 9.69 Å². The minimum Gasteiger partial charge on any atom is -0.480 e. The highest BCUT2D eigenvalue weighted by atomic mass is 16.4. The molecule has 1 atom stereocenters. The van der Waals surface area contributed by atoms with Crippen molar-refractivity contribution in [2.75, 3.05) is 19.6 Å². The van der Waals surface area contributed by atoms with Crippen LogP contribution in [0.25, 0.3) is 0 Å². The van der Waals surface area contributed by atoms with Crippen molar-refractivity contribution < 1.29 is 9.90 Å². The molecule has 0 aromatic heterocycles. The number of rotatable bonds is 7. The average Bonchev–Trinajstić information content (AvgIpc) is 2.14. The topological polar surface area (TPSA) is 52.6 Å². The van der Waals surface area contributed by atoms with Crippen molar-refractivity contribution in [3.8, 4) is 0 Å². The molecule has 0 aromatic rings. The summed E-state index contributed by atoms with van der Waals surface area (Å²) in [6.45, 7) is 11.9. The van der Waals surface area contributed by atoms with E-state index in [2.05, 4.69) is 24.1 Å². The van der Waals surface area contributed by atoms with E-state index in [1.807, 2.05) is 13.8 Å². The average molecular weight is 216 g/mol. The standard InChI is InChI=1S/C11H24N2O2/c1-6-12-11(5,10(14)15)8-13(7-2)9(3)4/h9,12H,6-8H2,1-5H3,(H,14,15). The third kappa shape index (κ3) is 4.18. The fourth-order valence-electron chi connectivity index (χ4n) is 1.66. The van der Waals surface area contributed by atoms with Gasteiger partial charge >= 0.3 is 5.97 Å². The number of aliphatic carboxylic acids is 1. The Morgan fingerprint density at radius 3 is 2.27 bits per heavy atom. The molecule has 1 unspecified atom stereocenters. The van der Waals surface area contributed by atoms with Crippen molar-refractivity contribution in [1.82, 2.24) is 10.2 Å². The van der Waals surface area contributed by atoms with Crippen molar-refractivity contribution in [3.05, 3.63) is 0 Å². The number of nitrogens with one attached hydrogen (secondary N) is 1. The Morgan fingerprint density at radius 2 is 2.00 bits per heavy atom. The van der Waals surface area contributed by atoms with E-state index in [1.54, 1.807) is 6.92 Å². The molecule has 0 saturated carbocycles. The third-order valence-electron chi connectivity index (χ3n) is 2.69. The second-order valence-electron chi connectivity index (χ2n) is 4.32. The molecule has 0 bridgehead atoms. The first kappa shape index (κ1) is 14.4.